The highest BCUT2D eigenvalue weighted by Gasteiger charge is 2.48. The highest BCUT2D eigenvalue weighted by Crippen LogP contribution is 2.30. The minimum atomic E-state index is -5.78. The third-order valence-electron chi connectivity index (χ3n) is 2.28. The summed E-state index contributed by atoms with van der Waals surface area (Å²) in [6.45, 7) is 0. The fourth-order valence-electron chi connectivity index (χ4n) is 1.41. The first-order valence-corrected chi connectivity index (χ1v) is 6.46. The molecule has 0 spiro atoms. The Hall–Kier alpha value is -2.34. The Bertz CT molecular complexity index is 810. The maximum atomic E-state index is 12.3. The van der Waals surface area contributed by atoms with Crippen molar-refractivity contribution in [1.29, 1.82) is 5.26 Å². The second-order valence-corrected chi connectivity index (χ2v) is 5.16. The number of hydrogen-bond donors (Lipinski definition) is 0. The first-order chi connectivity index (χ1) is 9.24. The molecule has 1 heterocycles. The van der Waals surface area contributed by atoms with Crippen LogP contribution in [0.5, 0.6) is 5.75 Å². The van der Waals surface area contributed by atoms with E-state index in [2.05, 4.69) is 9.17 Å². The Labute approximate surface area is 111 Å². The Balaban J connectivity index is 2.59. The van der Waals surface area contributed by atoms with Crippen LogP contribution in [0, 0.1) is 11.3 Å². The van der Waals surface area contributed by atoms with Gasteiger partial charge >= 0.3 is 15.6 Å². The van der Waals surface area contributed by atoms with Crippen LogP contribution in [-0.2, 0) is 10.1 Å². The van der Waals surface area contributed by atoms with Gasteiger partial charge in [0.05, 0.1) is 0 Å². The molecule has 9 heteroatoms. The molecular formula is C11H5F3N2O3S. The molecular weight excluding hydrogens is 297 g/mol. The molecule has 1 aromatic heterocycles. The number of rotatable bonds is 2. The Morgan fingerprint density at radius 1 is 1.20 bits per heavy atom. The normalized spacial score (nSPS) is 12.1. The number of aromatic nitrogens is 1. The number of halogens is 3. The van der Waals surface area contributed by atoms with Gasteiger partial charge in [-0.15, -0.1) is 0 Å². The topological polar surface area (TPSA) is 80.0 Å². The van der Waals surface area contributed by atoms with E-state index in [-0.39, 0.29) is 11.2 Å². The second-order valence-electron chi connectivity index (χ2n) is 3.62. The van der Waals surface area contributed by atoms with E-state index in [0.29, 0.717) is 5.39 Å². The van der Waals surface area contributed by atoms with E-state index in [4.69, 9.17) is 5.26 Å². The summed E-state index contributed by atoms with van der Waals surface area (Å²) in [5, 5.41) is 9.04. The van der Waals surface area contributed by atoms with E-state index in [9.17, 15) is 21.6 Å². The van der Waals surface area contributed by atoms with Crippen LogP contribution in [0.25, 0.3) is 10.9 Å². The Kier molecular flexibility index (Phi) is 3.27. The summed E-state index contributed by atoms with van der Waals surface area (Å²) < 4.78 is 62.9. The fourth-order valence-corrected chi connectivity index (χ4v) is 1.88. The van der Waals surface area contributed by atoms with Crippen LogP contribution >= 0.6 is 0 Å². The van der Waals surface area contributed by atoms with Gasteiger partial charge in [-0.05, 0) is 18.2 Å². The summed E-state index contributed by atoms with van der Waals surface area (Å²) in [6.07, 6.45) is 0. The molecule has 2 rings (SSSR count). The SMILES string of the molecule is N#Cc1ccc2cccc(OS(=O)(=O)C(F)(F)F)c2n1. The molecule has 5 nitrogen and oxygen atoms in total. The number of nitriles is 1. The largest absolute Gasteiger partial charge is 0.534 e. The molecule has 0 unspecified atom stereocenters. The number of pyridine rings is 1. The molecule has 0 aliphatic heterocycles. The molecule has 1 aromatic carbocycles. The Morgan fingerprint density at radius 3 is 2.50 bits per heavy atom. The van der Waals surface area contributed by atoms with Crippen LogP contribution in [0.3, 0.4) is 0 Å². The third kappa shape index (κ3) is 2.50. The van der Waals surface area contributed by atoms with Gasteiger partial charge in [-0.2, -0.15) is 26.9 Å². The molecule has 0 radical (unpaired) electrons. The third-order valence-corrected chi connectivity index (χ3v) is 3.25. The van der Waals surface area contributed by atoms with Gasteiger partial charge in [0.1, 0.15) is 17.3 Å². The predicted octanol–water partition coefficient (Wildman–Crippen LogP) is 2.33. The zero-order valence-corrected chi connectivity index (χ0v) is 10.4. The zero-order chi connectivity index (χ0) is 15.0. The lowest BCUT2D eigenvalue weighted by atomic mass is 10.2. The van der Waals surface area contributed by atoms with Crippen molar-refractivity contribution < 1.29 is 25.8 Å². The minimum absolute atomic E-state index is 0.0713. The van der Waals surface area contributed by atoms with Crippen LogP contribution in [-0.4, -0.2) is 18.9 Å². The number of para-hydroxylation sites is 1. The van der Waals surface area contributed by atoms with Crippen LogP contribution in [0.4, 0.5) is 13.2 Å². The smallest absolute Gasteiger partial charge is 0.374 e. The van der Waals surface area contributed by atoms with Crippen molar-refractivity contribution in [2.45, 2.75) is 5.51 Å². The zero-order valence-electron chi connectivity index (χ0n) is 9.55. The van der Waals surface area contributed by atoms with Gasteiger partial charge in [0.25, 0.3) is 0 Å². The average Bonchev–Trinajstić information content (AvgIpc) is 2.37. The molecule has 0 fully saturated rings. The van der Waals surface area contributed by atoms with Gasteiger partial charge in [-0.1, -0.05) is 12.1 Å². The monoisotopic (exact) mass is 302 g/mol. The average molecular weight is 302 g/mol. The van der Waals surface area contributed by atoms with Crippen LogP contribution in [0.1, 0.15) is 5.69 Å². The van der Waals surface area contributed by atoms with Gasteiger partial charge in [-0.25, -0.2) is 4.98 Å². The molecule has 0 bridgehead atoms. The molecule has 0 saturated carbocycles. The lowest BCUT2D eigenvalue weighted by molar-refractivity contribution is -0.0499. The lowest BCUT2D eigenvalue weighted by Gasteiger charge is -2.10. The van der Waals surface area contributed by atoms with E-state index in [0.717, 1.165) is 6.07 Å². The van der Waals surface area contributed by atoms with Crippen LogP contribution < -0.4 is 4.18 Å². The first-order valence-electron chi connectivity index (χ1n) is 5.05. The highest BCUT2D eigenvalue weighted by atomic mass is 32.2. The molecule has 0 atom stereocenters. The van der Waals surface area contributed by atoms with Crippen LogP contribution in [0.15, 0.2) is 30.3 Å². The van der Waals surface area contributed by atoms with Crippen molar-refractivity contribution in [2.75, 3.05) is 0 Å². The Morgan fingerprint density at radius 2 is 1.90 bits per heavy atom. The van der Waals surface area contributed by atoms with Crippen molar-refractivity contribution in [3.8, 4) is 11.8 Å². The van der Waals surface area contributed by atoms with Crippen molar-refractivity contribution in [3.63, 3.8) is 0 Å². The molecule has 0 N–H and O–H groups in total. The molecule has 104 valence electrons. The number of hydrogen-bond acceptors (Lipinski definition) is 5. The maximum Gasteiger partial charge on any atom is 0.534 e. The van der Waals surface area contributed by atoms with Crippen molar-refractivity contribution in [3.05, 3.63) is 36.0 Å². The first kappa shape index (κ1) is 14.1. The van der Waals surface area contributed by atoms with Gasteiger partial charge in [0, 0.05) is 5.39 Å². The van der Waals surface area contributed by atoms with E-state index < -0.39 is 21.4 Å². The molecule has 0 saturated heterocycles. The second kappa shape index (κ2) is 4.64. The van der Waals surface area contributed by atoms with Gasteiger partial charge < -0.3 is 4.18 Å². The quantitative estimate of drug-likeness (QED) is 0.628. The van der Waals surface area contributed by atoms with Crippen LogP contribution in [0.2, 0.25) is 0 Å². The molecule has 20 heavy (non-hydrogen) atoms. The summed E-state index contributed by atoms with van der Waals surface area (Å²) in [5.74, 6) is -0.586. The maximum absolute atomic E-state index is 12.3. The standard InChI is InChI=1S/C11H5F3N2O3S/c12-11(13,14)20(17,18)19-9-3-1-2-7-4-5-8(6-15)16-10(7)9/h1-5H. The van der Waals surface area contributed by atoms with Crippen molar-refractivity contribution >= 4 is 21.0 Å². The predicted molar refractivity (Wildman–Crippen MR) is 62.1 cm³/mol. The van der Waals surface area contributed by atoms with E-state index in [1.807, 2.05) is 0 Å². The van der Waals surface area contributed by atoms with Gasteiger partial charge in [0.2, 0.25) is 0 Å². The van der Waals surface area contributed by atoms with E-state index >= 15 is 0 Å². The number of benzene rings is 1. The number of nitrogens with zero attached hydrogens (tertiary/aromatic N) is 2. The minimum Gasteiger partial charge on any atom is -0.374 e. The summed E-state index contributed by atoms with van der Waals surface area (Å²) in [5.41, 5.74) is -5.75. The van der Waals surface area contributed by atoms with Crippen molar-refractivity contribution in [2.24, 2.45) is 0 Å². The summed E-state index contributed by atoms with van der Waals surface area (Å²) in [7, 11) is -5.78. The van der Waals surface area contributed by atoms with Gasteiger partial charge in [0.15, 0.2) is 5.75 Å². The molecule has 0 amide bonds. The summed E-state index contributed by atoms with van der Waals surface area (Å²) in [4.78, 5) is 3.74. The summed E-state index contributed by atoms with van der Waals surface area (Å²) >= 11 is 0. The lowest BCUT2D eigenvalue weighted by Crippen LogP contribution is -2.28. The van der Waals surface area contributed by atoms with E-state index in [1.54, 1.807) is 6.07 Å². The number of fused-ring (bicyclic) bond motifs is 1. The molecule has 0 aliphatic carbocycles. The van der Waals surface area contributed by atoms with E-state index in [1.165, 1.54) is 24.3 Å². The number of alkyl halides is 3. The summed E-state index contributed by atoms with van der Waals surface area (Å²) in [6, 6.07) is 8.32. The van der Waals surface area contributed by atoms with Gasteiger partial charge in [-0.3, -0.25) is 0 Å². The fraction of sp³-hybridized carbons (Fsp3) is 0.0909. The van der Waals surface area contributed by atoms with Crippen molar-refractivity contribution in [1.82, 2.24) is 4.98 Å². The molecule has 0 aliphatic rings. The highest BCUT2D eigenvalue weighted by molar-refractivity contribution is 7.88. The molecule has 2 aromatic rings.